The first-order valence-corrected chi connectivity index (χ1v) is 7.62. The van der Waals surface area contributed by atoms with Crippen LogP contribution in [0.15, 0.2) is 24.3 Å². The van der Waals surface area contributed by atoms with Crippen molar-refractivity contribution >= 4 is 11.6 Å². The molecule has 3 rings (SSSR count). The number of alkyl halides is 2. The Morgan fingerprint density at radius 2 is 2.04 bits per heavy atom. The number of hydrogen-bond acceptors (Lipinski definition) is 2. The Morgan fingerprint density at radius 3 is 2.70 bits per heavy atom. The van der Waals surface area contributed by atoms with Crippen LogP contribution in [0.3, 0.4) is 0 Å². The van der Waals surface area contributed by atoms with Crippen LogP contribution < -0.4 is 4.90 Å². The highest BCUT2D eigenvalue weighted by Crippen LogP contribution is 2.36. The van der Waals surface area contributed by atoms with Crippen LogP contribution in [0.4, 0.5) is 14.5 Å². The molecule has 0 radical (unpaired) electrons. The van der Waals surface area contributed by atoms with Crippen molar-refractivity contribution in [2.45, 2.75) is 39.7 Å². The Balaban J connectivity index is 1.87. The van der Waals surface area contributed by atoms with Gasteiger partial charge in [-0.3, -0.25) is 4.79 Å². The van der Waals surface area contributed by atoms with Crippen molar-refractivity contribution in [2.24, 2.45) is 0 Å². The van der Waals surface area contributed by atoms with Crippen LogP contribution >= 0.6 is 0 Å². The van der Waals surface area contributed by atoms with E-state index in [1.165, 1.54) is 0 Å². The van der Waals surface area contributed by atoms with E-state index in [0.29, 0.717) is 28.2 Å². The van der Waals surface area contributed by atoms with Gasteiger partial charge in [-0.2, -0.15) is 13.9 Å². The van der Waals surface area contributed by atoms with E-state index in [2.05, 4.69) is 12.0 Å². The maximum Gasteiger partial charge on any atom is 0.333 e. The average Bonchev–Trinajstić information content (AvgIpc) is 3.00. The third-order valence-corrected chi connectivity index (χ3v) is 4.50. The topological polar surface area (TPSA) is 38.1 Å². The normalized spacial score (nSPS) is 17.0. The van der Waals surface area contributed by atoms with Gasteiger partial charge in [-0.05, 0) is 25.5 Å². The number of halogens is 2. The van der Waals surface area contributed by atoms with Gasteiger partial charge in [-0.15, -0.1) is 0 Å². The first kappa shape index (κ1) is 15.6. The Labute approximate surface area is 133 Å². The molecular formula is C17H19F2N3O. The van der Waals surface area contributed by atoms with Gasteiger partial charge in [0, 0.05) is 29.4 Å². The Bertz CT molecular complexity index is 754. The fourth-order valence-corrected chi connectivity index (χ4v) is 3.25. The van der Waals surface area contributed by atoms with E-state index in [1.54, 1.807) is 18.7 Å². The molecular weight excluding hydrogens is 300 g/mol. The van der Waals surface area contributed by atoms with Crippen LogP contribution in [0, 0.1) is 13.8 Å². The van der Waals surface area contributed by atoms with E-state index in [-0.39, 0.29) is 18.2 Å². The number of anilines is 1. The van der Waals surface area contributed by atoms with Crippen LogP contribution in [0.1, 0.15) is 41.9 Å². The number of para-hydroxylation sites is 1. The molecule has 1 aromatic heterocycles. The zero-order valence-corrected chi connectivity index (χ0v) is 13.4. The molecule has 1 aliphatic rings. The van der Waals surface area contributed by atoms with Gasteiger partial charge in [0.15, 0.2) is 0 Å². The number of carbonyl (C=O) groups excluding carboxylic acids is 1. The summed E-state index contributed by atoms with van der Waals surface area (Å²) in [6, 6.07) is 7.82. The second kappa shape index (κ2) is 5.76. The van der Waals surface area contributed by atoms with Crippen molar-refractivity contribution in [1.82, 2.24) is 9.78 Å². The van der Waals surface area contributed by atoms with E-state index >= 15 is 0 Å². The summed E-state index contributed by atoms with van der Waals surface area (Å²) in [6.07, 6.45) is 0.0887. The van der Waals surface area contributed by atoms with Crippen LogP contribution in [-0.2, 0) is 11.2 Å². The molecule has 1 aromatic carbocycles. The number of aryl methyl sites for hydroxylation is 1. The van der Waals surface area contributed by atoms with Crippen molar-refractivity contribution in [2.75, 3.05) is 11.4 Å². The summed E-state index contributed by atoms with van der Waals surface area (Å²) in [5.41, 5.74) is 3.49. The molecule has 0 fully saturated rings. The van der Waals surface area contributed by atoms with Crippen molar-refractivity contribution < 1.29 is 13.6 Å². The third kappa shape index (κ3) is 2.62. The minimum Gasteiger partial charge on any atom is -0.311 e. The van der Waals surface area contributed by atoms with Gasteiger partial charge in [-0.1, -0.05) is 25.1 Å². The summed E-state index contributed by atoms with van der Waals surface area (Å²) in [5, 5.41) is 3.84. The number of rotatable bonds is 3. The minimum atomic E-state index is -2.69. The lowest BCUT2D eigenvalue weighted by Gasteiger charge is -2.17. The molecule has 0 N–H and O–H groups in total. The van der Waals surface area contributed by atoms with Crippen molar-refractivity contribution in [3.05, 3.63) is 46.8 Å². The predicted molar refractivity (Wildman–Crippen MR) is 83.9 cm³/mol. The Morgan fingerprint density at radius 1 is 1.35 bits per heavy atom. The standard InChI is InChI=1S/C17H19F2N3O/c1-10-9-21(15-7-5-4-6-13(10)15)16(23)8-14-11(2)20-22(12(14)3)17(18)19/h4-7,10,17H,8-9H2,1-3H3/t10-/m1/s1. The lowest BCUT2D eigenvalue weighted by Crippen LogP contribution is -2.31. The zero-order chi connectivity index (χ0) is 16.7. The maximum atomic E-state index is 12.9. The van der Waals surface area contributed by atoms with Gasteiger partial charge in [0.05, 0.1) is 12.1 Å². The highest BCUT2D eigenvalue weighted by molar-refractivity contribution is 5.97. The van der Waals surface area contributed by atoms with Gasteiger partial charge in [-0.25, -0.2) is 4.68 Å². The highest BCUT2D eigenvalue weighted by Gasteiger charge is 2.30. The van der Waals surface area contributed by atoms with E-state index in [4.69, 9.17) is 0 Å². The van der Waals surface area contributed by atoms with Gasteiger partial charge < -0.3 is 4.90 Å². The largest absolute Gasteiger partial charge is 0.333 e. The first-order chi connectivity index (χ1) is 10.9. The summed E-state index contributed by atoms with van der Waals surface area (Å²) in [6.45, 7) is 3.26. The maximum absolute atomic E-state index is 12.9. The highest BCUT2D eigenvalue weighted by atomic mass is 19.3. The molecule has 0 saturated heterocycles. The Kier molecular flexibility index (Phi) is 3.92. The average molecular weight is 319 g/mol. The fourth-order valence-electron chi connectivity index (χ4n) is 3.25. The van der Waals surface area contributed by atoms with E-state index in [0.717, 1.165) is 11.3 Å². The molecule has 2 aromatic rings. The van der Waals surface area contributed by atoms with Crippen molar-refractivity contribution in [1.29, 1.82) is 0 Å². The lowest BCUT2D eigenvalue weighted by atomic mass is 10.0. The summed E-state index contributed by atoms with van der Waals surface area (Å²) in [5.74, 6) is 0.197. The van der Waals surface area contributed by atoms with Gasteiger partial charge in [0.2, 0.25) is 5.91 Å². The molecule has 0 aliphatic carbocycles. The summed E-state index contributed by atoms with van der Waals surface area (Å²) >= 11 is 0. The SMILES string of the molecule is Cc1nn(C(F)F)c(C)c1CC(=O)N1C[C@@H](C)c2ccccc21. The number of fused-ring (bicyclic) bond motifs is 1. The number of hydrogen-bond donors (Lipinski definition) is 0. The molecule has 4 nitrogen and oxygen atoms in total. The second-order valence-electron chi connectivity index (χ2n) is 6.01. The van der Waals surface area contributed by atoms with Gasteiger partial charge in [0.1, 0.15) is 0 Å². The number of carbonyl (C=O) groups is 1. The number of aromatic nitrogens is 2. The van der Waals surface area contributed by atoms with Crippen LogP contribution in [0.2, 0.25) is 0 Å². The van der Waals surface area contributed by atoms with Crippen LogP contribution in [0.5, 0.6) is 0 Å². The number of nitrogens with zero attached hydrogens (tertiary/aromatic N) is 3. The van der Waals surface area contributed by atoms with E-state index in [1.807, 2.05) is 24.3 Å². The molecule has 1 atom stereocenters. The molecule has 0 spiro atoms. The van der Waals surface area contributed by atoms with Gasteiger partial charge >= 0.3 is 6.55 Å². The molecule has 0 saturated carbocycles. The van der Waals surface area contributed by atoms with Crippen LogP contribution in [0.25, 0.3) is 0 Å². The molecule has 23 heavy (non-hydrogen) atoms. The quantitative estimate of drug-likeness (QED) is 0.867. The summed E-state index contributed by atoms with van der Waals surface area (Å²) in [7, 11) is 0. The zero-order valence-electron chi connectivity index (χ0n) is 13.4. The molecule has 0 unspecified atom stereocenters. The van der Waals surface area contributed by atoms with E-state index < -0.39 is 6.55 Å². The monoisotopic (exact) mass is 319 g/mol. The summed E-state index contributed by atoms with van der Waals surface area (Å²) in [4.78, 5) is 14.5. The van der Waals surface area contributed by atoms with Gasteiger partial charge in [0.25, 0.3) is 0 Å². The number of amides is 1. The number of benzene rings is 1. The van der Waals surface area contributed by atoms with Crippen molar-refractivity contribution in [3.63, 3.8) is 0 Å². The molecule has 1 aliphatic heterocycles. The molecule has 6 heteroatoms. The second-order valence-corrected chi connectivity index (χ2v) is 6.01. The molecule has 0 bridgehead atoms. The smallest absolute Gasteiger partial charge is 0.311 e. The van der Waals surface area contributed by atoms with Crippen molar-refractivity contribution in [3.8, 4) is 0 Å². The Hall–Kier alpha value is -2.24. The van der Waals surface area contributed by atoms with Crippen LogP contribution in [-0.4, -0.2) is 22.2 Å². The fraction of sp³-hybridized carbons (Fsp3) is 0.412. The molecule has 1 amide bonds. The summed E-state index contributed by atoms with van der Waals surface area (Å²) < 4.78 is 26.5. The molecule has 122 valence electrons. The first-order valence-electron chi connectivity index (χ1n) is 7.62. The lowest BCUT2D eigenvalue weighted by molar-refractivity contribution is -0.117. The minimum absolute atomic E-state index is 0.0817. The predicted octanol–water partition coefficient (Wildman–Crippen LogP) is 3.59. The third-order valence-electron chi connectivity index (χ3n) is 4.50. The molecule has 2 heterocycles. The van der Waals surface area contributed by atoms with E-state index in [9.17, 15) is 13.6 Å².